The van der Waals surface area contributed by atoms with E-state index in [2.05, 4.69) is 32.3 Å². The fourth-order valence-electron chi connectivity index (χ4n) is 3.67. The third-order valence-corrected chi connectivity index (χ3v) is 5.16. The van der Waals surface area contributed by atoms with E-state index in [0.29, 0.717) is 17.0 Å². The van der Waals surface area contributed by atoms with Crippen molar-refractivity contribution in [1.29, 1.82) is 0 Å². The van der Waals surface area contributed by atoms with E-state index in [1.165, 1.54) is 12.1 Å². The van der Waals surface area contributed by atoms with Gasteiger partial charge in [0.15, 0.2) is 11.5 Å². The summed E-state index contributed by atoms with van der Waals surface area (Å²) >= 11 is 0. The van der Waals surface area contributed by atoms with E-state index in [0.717, 1.165) is 35.3 Å². The van der Waals surface area contributed by atoms with Crippen molar-refractivity contribution in [3.8, 4) is 17.0 Å². The Balaban J connectivity index is 1.65. The number of aromatic nitrogens is 3. The van der Waals surface area contributed by atoms with Crippen molar-refractivity contribution in [1.82, 2.24) is 19.7 Å². The predicted molar refractivity (Wildman–Crippen MR) is 122 cm³/mol. The molecule has 0 unspecified atom stereocenters. The summed E-state index contributed by atoms with van der Waals surface area (Å²) in [6.45, 7) is -0.802. The minimum absolute atomic E-state index is 0.0923. The average molecular weight is 451 g/mol. The number of nitrogens with one attached hydrogen (secondary N) is 2. The second-order valence-corrected chi connectivity index (χ2v) is 7.34. The highest BCUT2D eigenvalue weighted by atomic mass is 19.3. The van der Waals surface area contributed by atoms with Gasteiger partial charge in [0, 0.05) is 36.3 Å². The van der Waals surface area contributed by atoms with Gasteiger partial charge in [0.05, 0.1) is 11.9 Å². The van der Waals surface area contributed by atoms with Gasteiger partial charge in [-0.15, -0.1) is 0 Å². The third-order valence-electron chi connectivity index (χ3n) is 5.16. The zero-order valence-corrected chi connectivity index (χ0v) is 18.2. The van der Waals surface area contributed by atoms with Crippen LogP contribution in [0.3, 0.4) is 0 Å². The summed E-state index contributed by atoms with van der Waals surface area (Å²) in [5.74, 6) is 0.527. The molecule has 0 radical (unpaired) electrons. The van der Waals surface area contributed by atoms with Gasteiger partial charge in [-0.1, -0.05) is 13.3 Å². The first-order chi connectivity index (χ1) is 16.0. The maximum atomic E-state index is 12.4. The molecule has 0 saturated heterocycles. The normalized spacial score (nSPS) is 11.1. The molecule has 0 aliphatic rings. The highest BCUT2D eigenvalue weighted by Crippen LogP contribution is 2.28. The van der Waals surface area contributed by atoms with Crippen LogP contribution in [0.25, 0.3) is 16.9 Å². The Hall–Kier alpha value is -4.01. The summed E-state index contributed by atoms with van der Waals surface area (Å²) < 4.78 is 31.1. The van der Waals surface area contributed by atoms with Gasteiger partial charge >= 0.3 is 6.61 Å². The van der Waals surface area contributed by atoms with E-state index in [1.54, 1.807) is 43.8 Å². The molecule has 9 heteroatoms. The molecule has 170 valence electrons. The highest BCUT2D eigenvalue weighted by molar-refractivity contribution is 5.96. The first kappa shape index (κ1) is 22.2. The standard InChI is InChI=1S/C24H23F2N5O2/c1-3-4-16-13-17(7-10-19(16)23(32)27-2)30-21-22-29-14-20(31(22)12-11-28-21)15-5-8-18(9-6-15)33-24(25)26/h5-14,24H,3-4H2,1-2H3,(H,27,32)(H,28,30). The molecular formula is C24H23F2N5O2. The van der Waals surface area contributed by atoms with Crippen molar-refractivity contribution in [3.63, 3.8) is 0 Å². The van der Waals surface area contributed by atoms with Crippen molar-refractivity contribution in [2.45, 2.75) is 26.4 Å². The number of imidazole rings is 1. The number of aryl methyl sites for hydroxylation is 1. The van der Waals surface area contributed by atoms with E-state index in [1.807, 2.05) is 16.5 Å². The fourth-order valence-corrected chi connectivity index (χ4v) is 3.67. The zero-order chi connectivity index (χ0) is 23.4. The molecule has 2 aromatic carbocycles. The molecular weight excluding hydrogens is 428 g/mol. The number of alkyl halides is 2. The molecule has 2 heterocycles. The first-order valence-electron chi connectivity index (χ1n) is 10.5. The molecule has 1 amide bonds. The van der Waals surface area contributed by atoms with E-state index in [9.17, 15) is 13.6 Å². The van der Waals surface area contributed by atoms with Gasteiger partial charge in [-0.2, -0.15) is 8.78 Å². The number of fused-ring (bicyclic) bond motifs is 1. The maximum absolute atomic E-state index is 12.4. The number of hydrogen-bond acceptors (Lipinski definition) is 5. The van der Waals surface area contributed by atoms with Crippen LogP contribution in [0.2, 0.25) is 0 Å². The van der Waals surface area contributed by atoms with Crippen LogP contribution in [0.4, 0.5) is 20.3 Å². The van der Waals surface area contributed by atoms with Crippen molar-refractivity contribution in [3.05, 3.63) is 72.2 Å². The average Bonchev–Trinajstić information content (AvgIpc) is 3.24. The Kier molecular flexibility index (Phi) is 6.48. The predicted octanol–water partition coefficient (Wildman–Crippen LogP) is 5.05. The second kappa shape index (κ2) is 9.64. The number of rotatable bonds is 8. The van der Waals surface area contributed by atoms with Crippen LogP contribution in [-0.4, -0.2) is 33.9 Å². The van der Waals surface area contributed by atoms with E-state index in [-0.39, 0.29) is 11.7 Å². The number of amides is 1. The number of benzene rings is 2. The smallest absolute Gasteiger partial charge is 0.387 e. The Morgan fingerprint density at radius 1 is 1.15 bits per heavy atom. The molecule has 7 nitrogen and oxygen atoms in total. The Bertz CT molecular complexity index is 1270. The van der Waals surface area contributed by atoms with Crippen LogP contribution in [0.5, 0.6) is 5.75 Å². The SMILES string of the molecule is CCCc1cc(Nc2nccn3c(-c4ccc(OC(F)F)cc4)cnc23)ccc1C(=O)NC. The molecule has 0 fully saturated rings. The summed E-state index contributed by atoms with van der Waals surface area (Å²) in [4.78, 5) is 21.1. The third kappa shape index (κ3) is 4.77. The number of nitrogens with zero attached hydrogens (tertiary/aromatic N) is 3. The lowest BCUT2D eigenvalue weighted by Gasteiger charge is -2.12. The summed E-state index contributed by atoms with van der Waals surface area (Å²) in [5, 5.41) is 5.97. The summed E-state index contributed by atoms with van der Waals surface area (Å²) in [7, 11) is 1.62. The van der Waals surface area contributed by atoms with Gasteiger partial charge in [0.25, 0.3) is 5.91 Å². The van der Waals surface area contributed by atoms with Gasteiger partial charge in [-0.3, -0.25) is 9.20 Å². The van der Waals surface area contributed by atoms with Crippen molar-refractivity contribution >= 4 is 23.1 Å². The number of carbonyl (C=O) groups excluding carboxylic acids is 1. The molecule has 2 N–H and O–H groups in total. The fraction of sp³-hybridized carbons (Fsp3) is 0.208. The van der Waals surface area contributed by atoms with Crippen LogP contribution in [0.1, 0.15) is 29.3 Å². The van der Waals surface area contributed by atoms with Crippen LogP contribution in [0, 0.1) is 0 Å². The highest BCUT2D eigenvalue weighted by Gasteiger charge is 2.14. The maximum Gasteiger partial charge on any atom is 0.387 e. The molecule has 33 heavy (non-hydrogen) atoms. The molecule has 0 bridgehead atoms. The number of halogens is 2. The van der Waals surface area contributed by atoms with Gasteiger partial charge in [-0.25, -0.2) is 9.97 Å². The molecule has 4 aromatic rings. The minimum atomic E-state index is -2.87. The van der Waals surface area contributed by atoms with Gasteiger partial charge in [0.2, 0.25) is 0 Å². The molecule has 0 saturated carbocycles. The van der Waals surface area contributed by atoms with Gasteiger partial charge < -0.3 is 15.4 Å². The van der Waals surface area contributed by atoms with Crippen LogP contribution in [0.15, 0.2) is 61.1 Å². The summed E-state index contributed by atoms with van der Waals surface area (Å²) in [6.07, 6.45) is 6.81. The number of hydrogen-bond donors (Lipinski definition) is 2. The van der Waals surface area contributed by atoms with E-state index in [4.69, 9.17) is 0 Å². The lowest BCUT2D eigenvalue weighted by Crippen LogP contribution is -2.19. The molecule has 0 spiro atoms. The summed E-state index contributed by atoms with van der Waals surface area (Å²) in [6, 6.07) is 12.0. The van der Waals surface area contributed by atoms with Crippen LogP contribution in [-0.2, 0) is 6.42 Å². The Morgan fingerprint density at radius 2 is 1.94 bits per heavy atom. The molecule has 0 aliphatic heterocycles. The molecule has 2 aromatic heterocycles. The van der Waals surface area contributed by atoms with E-state index < -0.39 is 6.61 Å². The van der Waals surface area contributed by atoms with Crippen LogP contribution >= 0.6 is 0 Å². The monoisotopic (exact) mass is 451 g/mol. The van der Waals surface area contributed by atoms with Gasteiger partial charge in [-0.05, 0) is 54.4 Å². The molecule has 0 atom stereocenters. The van der Waals surface area contributed by atoms with E-state index >= 15 is 0 Å². The first-order valence-corrected chi connectivity index (χ1v) is 10.5. The topological polar surface area (TPSA) is 80.6 Å². The second-order valence-electron chi connectivity index (χ2n) is 7.34. The Labute approximate surface area is 189 Å². The largest absolute Gasteiger partial charge is 0.435 e. The number of carbonyl (C=O) groups is 1. The zero-order valence-electron chi connectivity index (χ0n) is 18.2. The molecule has 0 aliphatic carbocycles. The Morgan fingerprint density at radius 3 is 2.64 bits per heavy atom. The van der Waals surface area contributed by atoms with Crippen LogP contribution < -0.4 is 15.4 Å². The quantitative estimate of drug-likeness (QED) is 0.392. The molecule has 4 rings (SSSR count). The minimum Gasteiger partial charge on any atom is -0.435 e. The number of ether oxygens (including phenoxy) is 1. The lowest BCUT2D eigenvalue weighted by atomic mass is 10.0. The lowest BCUT2D eigenvalue weighted by molar-refractivity contribution is -0.0498. The van der Waals surface area contributed by atoms with Gasteiger partial charge in [0.1, 0.15) is 5.75 Å². The van der Waals surface area contributed by atoms with Crippen molar-refractivity contribution in [2.24, 2.45) is 0 Å². The van der Waals surface area contributed by atoms with Crippen molar-refractivity contribution < 1.29 is 18.3 Å². The summed E-state index contributed by atoms with van der Waals surface area (Å²) in [5.41, 5.74) is 4.57. The number of anilines is 2. The van der Waals surface area contributed by atoms with Crippen molar-refractivity contribution in [2.75, 3.05) is 12.4 Å².